The Morgan fingerprint density at radius 3 is 2.55 bits per heavy atom. The summed E-state index contributed by atoms with van der Waals surface area (Å²) in [6.45, 7) is 4.04. The van der Waals surface area contributed by atoms with Gasteiger partial charge in [-0.25, -0.2) is 4.79 Å². The molecule has 1 fully saturated rings. The molecule has 4 rings (SSSR count). The first-order valence-electron chi connectivity index (χ1n) is 10.3. The number of hydrogen-bond donors (Lipinski definition) is 1. The number of likely N-dealkylation sites (N-methyl/N-ethyl adjacent to an activating group) is 1. The SMILES string of the molecule is CN1Cc2c(Cl)cc(Cl)cc2C(c2ccc(CNC(=O)N3CCCCC3)cc2)C1. The molecule has 0 radical (unpaired) electrons. The summed E-state index contributed by atoms with van der Waals surface area (Å²) in [6.07, 6.45) is 3.43. The van der Waals surface area contributed by atoms with Gasteiger partial charge in [-0.2, -0.15) is 0 Å². The second kappa shape index (κ2) is 8.95. The maximum Gasteiger partial charge on any atom is 0.317 e. The van der Waals surface area contributed by atoms with Crippen molar-refractivity contribution < 1.29 is 4.79 Å². The summed E-state index contributed by atoms with van der Waals surface area (Å²) >= 11 is 12.8. The van der Waals surface area contributed by atoms with Gasteiger partial charge in [0.1, 0.15) is 0 Å². The van der Waals surface area contributed by atoms with E-state index in [1.54, 1.807) is 0 Å². The molecule has 2 aliphatic rings. The Kier molecular flexibility index (Phi) is 6.33. The zero-order valence-corrected chi connectivity index (χ0v) is 18.3. The monoisotopic (exact) mass is 431 g/mol. The van der Waals surface area contributed by atoms with E-state index in [-0.39, 0.29) is 11.9 Å². The van der Waals surface area contributed by atoms with Gasteiger partial charge in [-0.15, -0.1) is 0 Å². The van der Waals surface area contributed by atoms with Gasteiger partial charge in [0.2, 0.25) is 0 Å². The third-order valence-corrected chi connectivity index (χ3v) is 6.52. The quantitative estimate of drug-likeness (QED) is 0.718. The number of benzene rings is 2. The van der Waals surface area contributed by atoms with Crippen molar-refractivity contribution in [2.75, 3.05) is 26.7 Å². The molecule has 2 amide bonds. The molecule has 1 N–H and O–H groups in total. The van der Waals surface area contributed by atoms with Crippen LogP contribution in [0.4, 0.5) is 4.79 Å². The van der Waals surface area contributed by atoms with Gasteiger partial charge in [-0.05, 0) is 60.7 Å². The Balaban J connectivity index is 1.46. The summed E-state index contributed by atoms with van der Waals surface area (Å²) < 4.78 is 0. The Morgan fingerprint density at radius 2 is 1.83 bits per heavy atom. The van der Waals surface area contributed by atoms with Crippen LogP contribution in [0.2, 0.25) is 10.0 Å². The minimum atomic E-state index is 0.0425. The Bertz CT molecular complexity index is 878. The number of amides is 2. The van der Waals surface area contributed by atoms with Crippen LogP contribution >= 0.6 is 23.2 Å². The first kappa shape index (κ1) is 20.5. The molecular weight excluding hydrogens is 405 g/mol. The van der Waals surface area contributed by atoms with Crippen molar-refractivity contribution in [2.45, 2.75) is 38.3 Å². The minimum Gasteiger partial charge on any atom is -0.334 e. The van der Waals surface area contributed by atoms with E-state index < -0.39 is 0 Å². The van der Waals surface area contributed by atoms with Gasteiger partial charge >= 0.3 is 6.03 Å². The first-order chi connectivity index (χ1) is 14.0. The number of nitrogens with one attached hydrogen (secondary N) is 1. The number of carbonyl (C=O) groups excluding carboxylic acids is 1. The lowest BCUT2D eigenvalue weighted by molar-refractivity contribution is 0.186. The molecule has 4 nitrogen and oxygen atoms in total. The lowest BCUT2D eigenvalue weighted by Crippen LogP contribution is -2.42. The van der Waals surface area contributed by atoms with E-state index in [1.165, 1.54) is 17.5 Å². The molecule has 6 heteroatoms. The van der Waals surface area contributed by atoms with Crippen LogP contribution in [-0.2, 0) is 13.1 Å². The van der Waals surface area contributed by atoms with Crippen molar-refractivity contribution in [2.24, 2.45) is 0 Å². The Hall–Kier alpha value is -1.75. The zero-order valence-electron chi connectivity index (χ0n) is 16.8. The summed E-state index contributed by atoms with van der Waals surface area (Å²) in [7, 11) is 2.12. The topological polar surface area (TPSA) is 35.6 Å². The smallest absolute Gasteiger partial charge is 0.317 e. The van der Waals surface area contributed by atoms with Crippen molar-refractivity contribution >= 4 is 29.2 Å². The minimum absolute atomic E-state index is 0.0425. The molecule has 29 heavy (non-hydrogen) atoms. The van der Waals surface area contributed by atoms with E-state index in [4.69, 9.17) is 23.2 Å². The highest BCUT2D eigenvalue weighted by Crippen LogP contribution is 2.38. The van der Waals surface area contributed by atoms with Crippen LogP contribution in [0.25, 0.3) is 0 Å². The van der Waals surface area contributed by atoms with E-state index in [0.29, 0.717) is 11.6 Å². The predicted molar refractivity (Wildman–Crippen MR) is 119 cm³/mol. The molecule has 2 heterocycles. The molecule has 2 aromatic rings. The molecule has 0 aliphatic carbocycles. The van der Waals surface area contributed by atoms with Crippen LogP contribution in [0.5, 0.6) is 0 Å². The maximum atomic E-state index is 12.3. The summed E-state index contributed by atoms with van der Waals surface area (Å²) in [5.41, 5.74) is 4.72. The number of urea groups is 1. The fourth-order valence-corrected chi connectivity index (χ4v) is 4.95. The van der Waals surface area contributed by atoms with Crippen molar-refractivity contribution in [3.05, 3.63) is 68.7 Å². The van der Waals surface area contributed by atoms with Gasteiger partial charge in [-0.1, -0.05) is 47.5 Å². The number of piperidine rings is 1. The van der Waals surface area contributed by atoms with Gasteiger partial charge in [0, 0.05) is 48.7 Å². The normalized spacial score (nSPS) is 19.7. The molecular formula is C23H27Cl2N3O. The third-order valence-electron chi connectivity index (χ3n) is 5.96. The molecule has 154 valence electrons. The molecule has 0 aromatic heterocycles. The van der Waals surface area contributed by atoms with Gasteiger partial charge in [-0.3, -0.25) is 0 Å². The van der Waals surface area contributed by atoms with Crippen molar-refractivity contribution in [3.63, 3.8) is 0 Å². The predicted octanol–water partition coefficient (Wildman–Crippen LogP) is 5.27. The number of halogens is 2. The average Bonchev–Trinajstić information content (AvgIpc) is 2.73. The highest BCUT2D eigenvalue weighted by Gasteiger charge is 2.27. The number of fused-ring (bicyclic) bond motifs is 1. The molecule has 1 unspecified atom stereocenters. The van der Waals surface area contributed by atoms with E-state index in [2.05, 4.69) is 41.5 Å². The van der Waals surface area contributed by atoms with E-state index in [9.17, 15) is 4.79 Å². The summed E-state index contributed by atoms with van der Waals surface area (Å²) in [5.74, 6) is 0.233. The number of rotatable bonds is 3. The molecule has 0 spiro atoms. The maximum absolute atomic E-state index is 12.3. The van der Waals surface area contributed by atoms with Gasteiger partial charge in [0.25, 0.3) is 0 Å². The summed E-state index contributed by atoms with van der Waals surface area (Å²) in [5, 5.41) is 4.47. The van der Waals surface area contributed by atoms with Crippen LogP contribution in [0.3, 0.4) is 0 Å². The number of likely N-dealkylation sites (tertiary alicyclic amines) is 1. The molecule has 1 atom stereocenters. The average molecular weight is 432 g/mol. The molecule has 1 saturated heterocycles. The summed E-state index contributed by atoms with van der Waals surface area (Å²) in [4.78, 5) is 16.5. The van der Waals surface area contributed by atoms with Crippen LogP contribution in [0.15, 0.2) is 36.4 Å². The van der Waals surface area contributed by atoms with Gasteiger partial charge in [0.05, 0.1) is 0 Å². The largest absolute Gasteiger partial charge is 0.334 e. The van der Waals surface area contributed by atoms with Gasteiger partial charge < -0.3 is 15.1 Å². The number of carbonyl (C=O) groups is 1. The Morgan fingerprint density at radius 1 is 1.10 bits per heavy atom. The van der Waals surface area contributed by atoms with E-state index >= 15 is 0 Å². The lowest BCUT2D eigenvalue weighted by atomic mass is 9.84. The molecule has 0 bridgehead atoms. The molecule has 0 saturated carbocycles. The van der Waals surface area contributed by atoms with Crippen molar-refractivity contribution in [1.82, 2.24) is 15.1 Å². The van der Waals surface area contributed by atoms with Crippen LogP contribution in [0.1, 0.15) is 47.4 Å². The van der Waals surface area contributed by atoms with Crippen molar-refractivity contribution in [1.29, 1.82) is 0 Å². The highest BCUT2D eigenvalue weighted by atomic mass is 35.5. The zero-order chi connectivity index (χ0) is 20.4. The standard InChI is InChI=1S/C23H27Cl2N3O/c1-27-14-20(19-11-18(24)12-22(25)21(19)15-27)17-7-5-16(6-8-17)13-26-23(29)28-9-3-2-4-10-28/h5-8,11-12,20H,2-4,9-10,13-15H2,1H3,(H,26,29). The number of nitrogens with zero attached hydrogens (tertiary/aromatic N) is 2. The number of hydrogen-bond acceptors (Lipinski definition) is 2. The lowest BCUT2D eigenvalue weighted by Gasteiger charge is -2.33. The Labute approximate surface area is 182 Å². The summed E-state index contributed by atoms with van der Waals surface area (Å²) in [6, 6.07) is 12.4. The van der Waals surface area contributed by atoms with E-state index in [0.717, 1.165) is 55.2 Å². The van der Waals surface area contributed by atoms with Crippen LogP contribution in [-0.4, -0.2) is 42.5 Å². The fraction of sp³-hybridized carbons (Fsp3) is 0.435. The van der Waals surface area contributed by atoms with Crippen LogP contribution in [0, 0.1) is 0 Å². The second-order valence-electron chi connectivity index (χ2n) is 8.15. The molecule has 2 aliphatic heterocycles. The molecule has 2 aromatic carbocycles. The van der Waals surface area contributed by atoms with Crippen molar-refractivity contribution in [3.8, 4) is 0 Å². The third kappa shape index (κ3) is 4.71. The fourth-order valence-electron chi connectivity index (χ4n) is 4.38. The van der Waals surface area contributed by atoms with Crippen LogP contribution < -0.4 is 5.32 Å². The highest BCUT2D eigenvalue weighted by molar-refractivity contribution is 6.35. The van der Waals surface area contributed by atoms with E-state index in [1.807, 2.05) is 17.0 Å². The van der Waals surface area contributed by atoms with Gasteiger partial charge in [0.15, 0.2) is 0 Å². The second-order valence-corrected chi connectivity index (χ2v) is 9.00. The first-order valence-corrected chi connectivity index (χ1v) is 11.0.